The van der Waals surface area contributed by atoms with Crippen LogP contribution in [0.3, 0.4) is 0 Å². The third-order valence-corrected chi connectivity index (χ3v) is 4.53. The summed E-state index contributed by atoms with van der Waals surface area (Å²) in [7, 11) is 0. The maximum absolute atomic E-state index is 12.3. The van der Waals surface area contributed by atoms with Crippen LogP contribution in [0.1, 0.15) is 31.5 Å². The zero-order chi connectivity index (χ0) is 14.1. The number of aromatic nitrogens is 1. The van der Waals surface area contributed by atoms with E-state index in [9.17, 15) is 4.79 Å². The number of carbonyl (C=O) groups is 1. The third-order valence-electron chi connectivity index (χ3n) is 3.46. The Labute approximate surface area is 122 Å². The first-order valence-electron chi connectivity index (χ1n) is 6.71. The topological polar surface area (TPSA) is 54.0 Å². The number of hydrogen-bond donors (Lipinski definition) is 2. The largest absolute Gasteiger partial charge is 0.321 e. The predicted molar refractivity (Wildman–Crippen MR) is 81.4 cm³/mol. The number of carbonyl (C=O) groups excluding carboxylic acids is 1. The van der Waals surface area contributed by atoms with Crippen LogP contribution in [0.4, 0.5) is 5.69 Å². The summed E-state index contributed by atoms with van der Waals surface area (Å²) in [5.41, 5.74) is 4.28. The van der Waals surface area contributed by atoms with E-state index in [4.69, 9.17) is 0 Å². The molecule has 3 rings (SSSR count). The predicted octanol–water partition coefficient (Wildman–Crippen LogP) is 2.66. The number of benzene rings is 1. The van der Waals surface area contributed by atoms with Crippen molar-refractivity contribution in [1.29, 1.82) is 0 Å². The van der Waals surface area contributed by atoms with Crippen LogP contribution in [0, 0.1) is 13.8 Å². The lowest BCUT2D eigenvalue weighted by Crippen LogP contribution is -2.23. The molecule has 4 nitrogen and oxygen atoms in total. The molecular formula is C15H17N3OS. The minimum Gasteiger partial charge on any atom is -0.321 e. The van der Waals surface area contributed by atoms with Crippen LogP contribution in [0.25, 0.3) is 0 Å². The van der Waals surface area contributed by atoms with E-state index in [1.165, 1.54) is 22.5 Å². The van der Waals surface area contributed by atoms with Crippen molar-refractivity contribution in [1.82, 2.24) is 10.3 Å². The van der Waals surface area contributed by atoms with Crippen LogP contribution in [0.2, 0.25) is 0 Å². The standard InChI is InChI=1S/C15H17N3OS/c1-9-14(20-10(2)17-9)15(19)18-13-4-3-11-5-6-16-8-12(11)7-13/h3-4,7,16H,5-6,8H2,1-2H3,(H,18,19). The second-order valence-corrected chi connectivity index (χ2v) is 6.22. The number of rotatable bonds is 2. The summed E-state index contributed by atoms with van der Waals surface area (Å²) in [6.07, 6.45) is 1.05. The van der Waals surface area contributed by atoms with Crippen LogP contribution in [-0.2, 0) is 13.0 Å². The van der Waals surface area contributed by atoms with Crippen molar-refractivity contribution < 1.29 is 4.79 Å². The molecule has 0 saturated heterocycles. The summed E-state index contributed by atoms with van der Waals surface area (Å²) in [5, 5.41) is 7.23. The fraction of sp³-hybridized carbons (Fsp3) is 0.333. The van der Waals surface area contributed by atoms with E-state index in [1.807, 2.05) is 19.9 Å². The van der Waals surface area contributed by atoms with Gasteiger partial charge >= 0.3 is 0 Å². The van der Waals surface area contributed by atoms with Crippen LogP contribution in [0.15, 0.2) is 18.2 Å². The third kappa shape index (κ3) is 2.59. The monoisotopic (exact) mass is 287 g/mol. The van der Waals surface area contributed by atoms with Crippen molar-refractivity contribution in [3.8, 4) is 0 Å². The maximum atomic E-state index is 12.3. The van der Waals surface area contributed by atoms with Gasteiger partial charge in [-0.05, 0) is 50.1 Å². The molecule has 2 heterocycles. The Hall–Kier alpha value is -1.72. The fourth-order valence-electron chi connectivity index (χ4n) is 2.49. The van der Waals surface area contributed by atoms with E-state index < -0.39 is 0 Å². The molecule has 0 radical (unpaired) electrons. The van der Waals surface area contributed by atoms with Crippen LogP contribution >= 0.6 is 11.3 Å². The Morgan fingerprint density at radius 1 is 1.35 bits per heavy atom. The summed E-state index contributed by atoms with van der Waals surface area (Å²) in [6, 6.07) is 6.14. The van der Waals surface area contributed by atoms with Gasteiger partial charge in [0.25, 0.3) is 5.91 Å². The molecule has 1 aliphatic heterocycles. The first kappa shape index (κ1) is 13.3. The van der Waals surface area contributed by atoms with Gasteiger partial charge in [0.15, 0.2) is 0 Å². The van der Waals surface area contributed by atoms with E-state index in [2.05, 4.69) is 27.8 Å². The molecule has 1 aromatic carbocycles. The molecule has 1 aliphatic rings. The lowest BCUT2D eigenvalue weighted by molar-refractivity contribution is 0.103. The molecule has 0 atom stereocenters. The van der Waals surface area contributed by atoms with Gasteiger partial charge in [0, 0.05) is 12.2 Å². The van der Waals surface area contributed by atoms with Crippen molar-refractivity contribution in [2.75, 3.05) is 11.9 Å². The van der Waals surface area contributed by atoms with Crippen molar-refractivity contribution >= 4 is 22.9 Å². The number of hydrogen-bond acceptors (Lipinski definition) is 4. The van der Waals surface area contributed by atoms with Crippen molar-refractivity contribution in [3.05, 3.63) is 44.9 Å². The minimum atomic E-state index is -0.0724. The second-order valence-electron chi connectivity index (χ2n) is 5.01. The van der Waals surface area contributed by atoms with Gasteiger partial charge in [0.05, 0.1) is 10.7 Å². The molecule has 2 N–H and O–H groups in total. The summed E-state index contributed by atoms with van der Waals surface area (Å²) < 4.78 is 0. The number of thiazole rings is 1. The summed E-state index contributed by atoms with van der Waals surface area (Å²) >= 11 is 1.43. The first-order valence-corrected chi connectivity index (χ1v) is 7.53. The fourth-order valence-corrected chi connectivity index (χ4v) is 3.30. The molecule has 0 saturated carbocycles. The molecule has 1 aromatic heterocycles. The number of fused-ring (bicyclic) bond motifs is 1. The van der Waals surface area contributed by atoms with Crippen molar-refractivity contribution in [2.45, 2.75) is 26.8 Å². The van der Waals surface area contributed by atoms with E-state index in [1.54, 1.807) is 0 Å². The first-order chi connectivity index (χ1) is 9.63. The normalized spacial score (nSPS) is 13.9. The van der Waals surface area contributed by atoms with E-state index in [-0.39, 0.29) is 5.91 Å². The van der Waals surface area contributed by atoms with Gasteiger partial charge in [-0.1, -0.05) is 6.07 Å². The zero-order valence-electron chi connectivity index (χ0n) is 11.6. The number of nitrogens with zero attached hydrogens (tertiary/aromatic N) is 1. The molecular weight excluding hydrogens is 270 g/mol. The van der Waals surface area contributed by atoms with Crippen LogP contribution < -0.4 is 10.6 Å². The molecule has 0 aliphatic carbocycles. The molecule has 1 amide bonds. The minimum absolute atomic E-state index is 0.0724. The molecule has 2 aromatic rings. The smallest absolute Gasteiger partial charge is 0.267 e. The van der Waals surface area contributed by atoms with Gasteiger partial charge in [0.2, 0.25) is 0 Å². The van der Waals surface area contributed by atoms with Crippen molar-refractivity contribution in [3.63, 3.8) is 0 Å². The Morgan fingerprint density at radius 3 is 2.95 bits per heavy atom. The van der Waals surface area contributed by atoms with Gasteiger partial charge in [0.1, 0.15) is 4.88 Å². The molecule has 0 bridgehead atoms. The van der Waals surface area contributed by atoms with Gasteiger partial charge in [-0.25, -0.2) is 4.98 Å². The highest BCUT2D eigenvalue weighted by atomic mass is 32.1. The molecule has 0 unspecified atom stereocenters. The van der Waals surface area contributed by atoms with Gasteiger partial charge in [-0.3, -0.25) is 4.79 Å². The number of anilines is 1. The summed E-state index contributed by atoms with van der Waals surface area (Å²) in [4.78, 5) is 17.2. The molecule has 0 spiro atoms. The molecule has 20 heavy (non-hydrogen) atoms. The van der Waals surface area contributed by atoms with E-state index in [0.29, 0.717) is 4.88 Å². The van der Waals surface area contributed by atoms with E-state index >= 15 is 0 Å². The lowest BCUT2D eigenvalue weighted by atomic mass is 10.0. The average Bonchev–Trinajstić information content (AvgIpc) is 2.78. The Morgan fingerprint density at radius 2 is 2.20 bits per heavy atom. The quantitative estimate of drug-likeness (QED) is 0.893. The number of nitrogens with one attached hydrogen (secondary N) is 2. The van der Waals surface area contributed by atoms with E-state index in [0.717, 1.165) is 35.9 Å². The zero-order valence-corrected chi connectivity index (χ0v) is 12.4. The van der Waals surface area contributed by atoms with Crippen LogP contribution in [0.5, 0.6) is 0 Å². The van der Waals surface area contributed by atoms with Gasteiger partial charge in [-0.15, -0.1) is 11.3 Å². The Balaban J connectivity index is 1.81. The molecule has 0 fully saturated rings. The number of aryl methyl sites for hydroxylation is 2. The summed E-state index contributed by atoms with van der Waals surface area (Å²) in [6.45, 7) is 5.68. The lowest BCUT2D eigenvalue weighted by Gasteiger charge is -2.18. The molecule has 5 heteroatoms. The van der Waals surface area contributed by atoms with Crippen molar-refractivity contribution in [2.24, 2.45) is 0 Å². The maximum Gasteiger partial charge on any atom is 0.267 e. The summed E-state index contributed by atoms with van der Waals surface area (Å²) in [5.74, 6) is -0.0724. The van der Waals surface area contributed by atoms with Crippen LogP contribution in [-0.4, -0.2) is 17.4 Å². The number of amides is 1. The molecule has 104 valence electrons. The highest BCUT2D eigenvalue weighted by molar-refractivity contribution is 7.13. The SMILES string of the molecule is Cc1nc(C)c(C(=O)Nc2ccc3c(c2)CNCC3)s1. The highest BCUT2D eigenvalue weighted by Crippen LogP contribution is 2.22. The second kappa shape index (κ2) is 5.34. The Bertz CT molecular complexity index is 663. The highest BCUT2D eigenvalue weighted by Gasteiger charge is 2.15. The Kier molecular flexibility index (Phi) is 3.54. The van der Waals surface area contributed by atoms with Gasteiger partial charge < -0.3 is 10.6 Å². The average molecular weight is 287 g/mol. The van der Waals surface area contributed by atoms with Gasteiger partial charge in [-0.2, -0.15) is 0 Å².